The molecule has 0 atom stereocenters. The molecular weight excluding hydrogens is 406 g/mol. The fraction of sp³-hybridized carbons (Fsp3) is 0.350. The molecule has 3 aliphatic heterocycles. The highest BCUT2D eigenvalue weighted by molar-refractivity contribution is 7.13. The Morgan fingerprint density at radius 2 is 2.00 bits per heavy atom. The second-order valence-corrected chi connectivity index (χ2v) is 7.95. The van der Waals surface area contributed by atoms with Crippen molar-refractivity contribution in [2.45, 2.75) is 12.8 Å². The number of aromatic nitrogens is 1. The fourth-order valence-corrected chi connectivity index (χ4v) is 4.31. The third kappa shape index (κ3) is 3.71. The molecule has 5 rings (SSSR count). The number of nitrogens with one attached hydrogen (secondary N) is 1. The molecule has 3 aliphatic rings. The van der Waals surface area contributed by atoms with Crippen molar-refractivity contribution in [3.8, 4) is 16.3 Å². The van der Waals surface area contributed by atoms with Gasteiger partial charge >= 0.3 is 0 Å². The Kier molecular flexibility index (Phi) is 5.01. The SMILES string of the molecule is O=C(NC1=NN=C(C(=O)N2CCOCC2)C1)c1csc(-c2ccc3c(c2)CCO3)n1. The van der Waals surface area contributed by atoms with Crippen molar-refractivity contribution in [1.82, 2.24) is 15.2 Å². The van der Waals surface area contributed by atoms with E-state index >= 15 is 0 Å². The van der Waals surface area contributed by atoms with E-state index in [9.17, 15) is 9.59 Å². The highest BCUT2D eigenvalue weighted by atomic mass is 32.1. The average molecular weight is 425 g/mol. The van der Waals surface area contributed by atoms with Crippen molar-refractivity contribution in [2.24, 2.45) is 10.2 Å². The molecule has 0 unspecified atom stereocenters. The summed E-state index contributed by atoms with van der Waals surface area (Å²) in [4.78, 5) is 31.2. The highest BCUT2D eigenvalue weighted by Crippen LogP contribution is 2.31. The molecule has 2 aromatic rings. The minimum absolute atomic E-state index is 0.164. The van der Waals surface area contributed by atoms with Crippen LogP contribution in [0.4, 0.5) is 0 Å². The van der Waals surface area contributed by atoms with Crippen LogP contribution in [0.5, 0.6) is 5.75 Å². The molecular formula is C20H19N5O4S. The van der Waals surface area contributed by atoms with Crippen molar-refractivity contribution in [3.05, 3.63) is 34.8 Å². The Morgan fingerprint density at radius 3 is 2.87 bits per heavy atom. The summed E-state index contributed by atoms with van der Waals surface area (Å²) in [6.07, 6.45) is 1.08. The van der Waals surface area contributed by atoms with E-state index in [1.54, 1.807) is 10.3 Å². The lowest BCUT2D eigenvalue weighted by atomic mass is 10.1. The quantitative estimate of drug-likeness (QED) is 0.802. The summed E-state index contributed by atoms with van der Waals surface area (Å²) in [5.74, 6) is 0.731. The number of hydrogen-bond donors (Lipinski definition) is 1. The van der Waals surface area contributed by atoms with Gasteiger partial charge in [0.15, 0.2) is 0 Å². The Hall–Kier alpha value is -3.11. The molecule has 1 aromatic heterocycles. The number of amidine groups is 1. The van der Waals surface area contributed by atoms with Crippen LogP contribution in [0.15, 0.2) is 33.8 Å². The van der Waals surface area contributed by atoms with Crippen LogP contribution in [0.3, 0.4) is 0 Å². The molecule has 1 fully saturated rings. The number of morpholine rings is 1. The number of benzene rings is 1. The molecule has 2 amide bonds. The van der Waals surface area contributed by atoms with Crippen molar-refractivity contribution in [3.63, 3.8) is 0 Å². The normalized spacial score (nSPS) is 17.8. The molecule has 0 radical (unpaired) electrons. The lowest BCUT2D eigenvalue weighted by Gasteiger charge is -2.26. The summed E-state index contributed by atoms with van der Waals surface area (Å²) in [6.45, 7) is 2.82. The zero-order valence-electron chi connectivity index (χ0n) is 16.1. The molecule has 4 heterocycles. The van der Waals surface area contributed by atoms with Crippen LogP contribution in [-0.4, -0.2) is 66.2 Å². The number of ether oxygens (including phenoxy) is 2. The number of nitrogens with zero attached hydrogens (tertiary/aromatic N) is 4. The second-order valence-electron chi connectivity index (χ2n) is 7.09. The first-order valence-corrected chi connectivity index (χ1v) is 10.6. The van der Waals surface area contributed by atoms with Gasteiger partial charge in [0.05, 0.1) is 26.2 Å². The van der Waals surface area contributed by atoms with Gasteiger partial charge in [0.2, 0.25) is 0 Å². The van der Waals surface area contributed by atoms with Crippen LogP contribution >= 0.6 is 11.3 Å². The van der Waals surface area contributed by atoms with Crippen molar-refractivity contribution < 1.29 is 19.1 Å². The number of amides is 2. The van der Waals surface area contributed by atoms with E-state index in [1.807, 2.05) is 12.1 Å². The predicted molar refractivity (Wildman–Crippen MR) is 111 cm³/mol. The molecule has 0 spiro atoms. The highest BCUT2D eigenvalue weighted by Gasteiger charge is 2.27. The first-order valence-electron chi connectivity index (χ1n) is 9.71. The van der Waals surface area contributed by atoms with Crippen LogP contribution < -0.4 is 10.1 Å². The van der Waals surface area contributed by atoms with E-state index in [4.69, 9.17) is 9.47 Å². The summed E-state index contributed by atoms with van der Waals surface area (Å²) in [5, 5.41) is 13.1. The summed E-state index contributed by atoms with van der Waals surface area (Å²) in [5.41, 5.74) is 2.75. The lowest BCUT2D eigenvalue weighted by molar-refractivity contribution is -0.128. The van der Waals surface area contributed by atoms with Gasteiger partial charge in [0.25, 0.3) is 11.8 Å². The Balaban J connectivity index is 1.20. The monoisotopic (exact) mass is 425 g/mol. The van der Waals surface area contributed by atoms with Crippen LogP contribution in [0.25, 0.3) is 10.6 Å². The first-order chi connectivity index (χ1) is 14.7. The molecule has 1 aromatic carbocycles. The molecule has 30 heavy (non-hydrogen) atoms. The third-order valence-electron chi connectivity index (χ3n) is 5.10. The molecule has 1 saturated heterocycles. The minimum atomic E-state index is -0.365. The van der Waals surface area contributed by atoms with Crippen molar-refractivity contribution in [2.75, 3.05) is 32.9 Å². The summed E-state index contributed by atoms with van der Waals surface area (Å²) in [7, 11) is 0. The van der Waals surface area contributed by atoms with E-state index < -0.39 is 0 Å². The molecule has 10 heteroatoms. The number of rotatable bonds is 3. The lowest BCUT2D eigenvalue weighted by Crippen LogP contribution is -2.44. The fourth-order valence-electron chi connectivity index (χ4n) is 3.51. The number of carbonyl (C=O) groups excluding carboxylic acids is 2. The van der Waals surface area contributed by atoms with Gasteiger partial charge in [0, 0.05) is 30.5 Å². The average Bonchev–Trinajstić information content (AvgIpc) is 3.53. The first kappa shape index (κ1) is 18.9. The Labute approximate surface area is 176 Å². The van der Waals surface area contributed by atoms with Crippen LogP contribution in [0, 0.1) is 0 Å². The number of fused-ring (bicyclic) bond motifs is 1. The Bertz CT molecular complexity index is 1070. The second kappa shape index (κ2) is 7.96. The van der Waals surface area contributed by atoms with Gasteiger partial charge < -0.3 is 19.7 Å². The third-order valence-corrected chi connectivity index (χ3v) is 5.99. The zero-order chi connectivity index (χ0) is 20.5. The summed E-state index contributed by atoms with van der Waals surface area (Å²) >= 11 is 1.40. The molecule has 1 N–H and O–H groups in total. The van der Waals surface area contributed by atoms with Crippen molar-refractivity contribution in [1.29, 1.82) is 0 Å². The van der Waals surface area contributed by atoms with Gasteiger partial charge in [-0.05, 0) is 23.8 Å². The van der Waals surface area contributed by atoms with E-state index in [1.165, 1.54) is 11.3 Å². The minimum Gasteiger partial charge on any atom is -0.493 e. The van der Waals surface area contributed by atoms with Gasteiger partial charge in [-0.2, -0.15) is 0 Å². The van der Waals surface area contributed by atoms with E-state index in [0.717, 1.165) is 28.3 Å². The van der Waals surface area contributed by atoms with Gasteiger partial charge in [-0.25, -0.2) is 4.98 Å². The summed E-state index contributed by atoms with van der Waals surface area (Å²) < 4.78 is 10.8. The molecule has 0 saturated carbocycles. The van der Waals surface area contributed by atoms with E-state index in [0.29, 0.717) is 50.2 Å². The van der Waals surface area contributed by atoms with Crippen LogP contribution in [-0.2, 0) is 16.0 Å². The smallest absolute Gasteiger partial charge is 0.276 e. The maximum Gasteiger partial charge on any atom is 0.276 e. The number of carbonyl (C=O) groups is 2. The summed E-state index contributed by atoms with van der Waals surface area (Å²) in [6, 6.07) is 5.95. The molecule has 154 valence electrons. The van der Waals surface area contributed by atoms with Gasteiger partial charge in [0.1, 0.15) is 28.0 Å². The molecule has 0 aliphatic carbocycles. The Morgan fingerprint density at radius 1 is 1.13 bits per heavy atom. The van der Waals surface area contributed by atoms with Gasteiger partial charge in [-0.1, -0.05) is 0 Å². The molecule has 9 nitrogen and oxygen atoms in total. The van der Waals surface area contributed by atoms with Crippen LogP contribution in [0.1, 0.15) is 22.5 Å². The number of thiazole rings is 1. The standard InChI is InChI=1S/C20H19N5O4S/c26-18(22-17-10-14(23-24-17)20(27)25-4-7-28-8-5-25)15-11-30-19(21-15)13-1-2-16-12(9-13)3-6-29-16/h1-2,9,11H,3-8,10H2,(H,22,24,26). The van der Waals surface area contributed by atoms with Gasteiger partial charge in [-0.3, -0.25) is 9.59 Å². The van der Waals surface area contributed by atoms with Gasteiger partial charge in [-0.15, -0.1) is 21.5 Å². The predicted octanol–water partition coefficient (Wildman–Crippen LogP) is 1.49. The zero-order valence-corrected chi connectivity index (χ0v) is 16.9. The molecule has 0 bridgehead atoms. The topological polar surface area (TPSA) is 105 Å². The van der Waals surface area contributed by atoms with Crippen LogP contribution in [0.2, 0.25) is 0 Å². The maximum absolute atomic E-state index is 12.6. The number of hydrogen-bond acceptors (Lipinski definition) is 8. The largest absolute Gasteiger partial charge is 0.493 e. The van der Waals surface area contributed by atoms with E-state index in [-0.39, 0.29) is 18.2 Å². The van der Waals surface area contributed by atoms with Crippen molar-refractivity contribution >= 4 is 34.7 Å². The van der Waals surface area contributed by atoms with E-state index in [2.05, 4.69) is 26.6 Å². The maximum atomic E-state index is 12.6.